The summed E-state index contributed by atoms with van der Waals surface area (Å²) in [5, 5.41) is 0. The zero-order valence-corrected chi connectivity index (χ0v) is 17.6. The molecule has 1 heteroatoms. The zero-order chi connectivity index (χ0) is 17.1. The Hall–Kier alpha value is -0.830. The summed E-state index contributed by atoms with van der Waals surface area (Å²) in [4.78, 5) is 0. The molecule has 0 fully saturated rings. The maximum Gasteiger partial charge on any atom is 0.278 e. The Morgan fingerprint density at radius 1 is 0.565 bits per heavy atom. The predicted molar refractivity (Wildman–Crippen MR) is 97.7 cm³/mol. The second-order valence-electron chi connectivity index (χ2n) is 8.35. The van der Waals surface area contributed by atoms with Crippen LogP contribution in [-0.4, -0.2) is 0 Å². The molecule has 0 bridgehead atoms. The van der Waals surface area contributed by atoms with Crippen molar-refractivity contribution in [1.29, 1.82) is 0 Å². The highest BCUT2D eigenvalue weighted by Crippen LogP contribution is 2.22. The van der Waals surface area contributed by atoms with Crippen LogP contribution in [0.25, 0.3) is 0 Å². The average molecular weight is 421 g/mol. The van der Waals surface area contributed by atoms with Crippen LogP contribution in [0.4, 0.5) is 0 Å². The van der Waals surface area contributed by atoms with Crippen molar-refractivity contribution >= 4 is 0 Å². The van der Waals surface area contributed by atoms with Crippen LogP contribution in [0.1, 0.15) is 63.8 Å². The number of hydrogen-bond acceptors (Lipinski definition) is 0. The van der Waals surface area contributed by atoms with Gasteiger partial charge in [0.05, 0.1) is 0 Å². The van der Waals surface area contributed by atoms with E-state index in [-0.39, 0.29) is 32.0 Å². The van der Waals surface area contributed by atoms with E-state index in [2.05, 4.69) is 90.1 Å². The molecule has 0 radical (unpaired) electrons. The summed E-state index contributed by atoms with van der Waals surface area (Å²) in [6.45, 7) is 13.6. The third-order valence-corrected chi connectivity index (χ3v) is 6.98. The van der Waals surface area contributed by atoms with Crippen LogP contribution < -0.4 is 21.2 Å². The Morgan fingerprint density at radius 3 is 1.13 bits per heavy atom. The van der Waals surface area contributed by atoms with E-state index in [9.17, 15) is 0 Å². The molecule has 2 aromatic rings. The van der Waals surface area contributed by atoms with Crippen LogP contribution in [0.5, 0.6) is 0 Å². The molecular formula is C22H30I+. The highest BCUT2D eigenvalue weighted by Gasteiger charge is 2.16. The van der Waals surface area contributed by atoms with Crippen molar-refractivity contribution in [3.8, 4) is 0 Å². The smallest absolute Gasteiger partial charge is 0.0581 e. The van der Waals surface area contributed by atoms with Gasteiger partial charge in [-0.05, 0) is 33.1 Å². The van der Waals surface area contributed by atoms with E-state index < -0.39 is 0 Å². The van der Waals surface area contributed by atoms with Gasteiger partial charge in [-0.25, -0.2) is 0 Å². The van der Waals surface area contributed by atoms with Crippen molar-refractivity contribution in [3.63, 3.8) is 0 Å². The molecule has 0 spiro atoms. The first-order valence-corrected chi connectivity index (χ1v) is 11.4. The molecule has 0 aliphatic rings. The number of rotatable bonds is 4. The molecule has 2 rings (SSSR count). The summed E-state index contributed by atoms with van der Waals surface area (Å²) >= 11 is 0.190. The quantitative estimate of drug-likeness (QED) is 0.526. The van der Waals surface area contributed by atoms with Gasteiger partial charge < -0.3 is 0 Å². The van der Waals surface area contributed by atoms with Gasteiger partial charge in [-0.1, -0.05) is 90.1 Å². The van der Waals surface area contributed by atoms with E-state index in [0.29, 0.717) is 0 Å². The third-order valence-electron chi connectivity index (χ3n) is 4.14. The minimum absolute atomic E-state index is 0.190. The number of hydrogen-bond donors (Lipinski definition) is 0. The highest BCUT2D eigenvalue weighted by atomic mass is 127. The van der Waals surface area contributed by atoms with Crippen molar-refractivity contribution in [2.75, 3.05) is 0 Å². The lowest BCUT2D eigenvalue weighted by molar-refractivity contribution is -0.686. The summed E-state index contributed by atoms with van der Waals surface area (Å²) < 4.78 is 2.54. The molecule has 0 aromatic heterocycles. The summed E-state index contributed by atoms with van der Waals surface area (Å²) in [6, 6.07) is 18.5. The molecular weight excluding hydrogens is 391 g/mol. The van der Waals surface area contributed by atoms with Crippen LogP contribution >= 0.6 is 0 Å². The Morgan fingerprint density at radius 2 is 0.870 bits per heavy atom. The van der Waals surface area contributed by atoms with Gasteiger partial charge in [-0.15, -0.1) is 0 Å². The fourth-order valence-electron chi connectivity index (χ4n) is 2.45. The van der Waals surface area contributed by atoms with E-state index in [4.69, 9.17) is 0 Å². The lowest BCUT2D eigenvalue weighted by Crippen LogP contribution is -3.61. The normalized spacial score (nSPS) is 12.4. The van der Waals surface area contributed by atoms with Crippen molar-refractivity contribution in [2.45, 2.75) is 61.2 Å². The molecule has 23 heavy (non-hydrogen) atoms. The Bertz CT molecular complexity index is 550. The van der Waals surface area contributed by atoms with Gasteiger partial charge >= 0.3 is 0 Å². The standard InChI is InChI=1S/C22H30I/c1-21(2,3)19-11-7-17(8-12-19)15-23-16-18-9-13-20(14-10-18)22(4,5)6/h7-14H,15-16H2,1-6H3/q+1. The van der Waals surface area contributed by atoms with Gasteiger partial charge in [-0.2, -0.15) is 0 Å². The zero-order valence-electron chi connectivity index (χ0n) is 15.4. The second-order valence-corrected chi connectivity index (χ2v) is 11.0. The largest absolute Gasteiger partial charge is 0.278 e. The van der Waals surface area contributed by atoms with E-state index >= 15 is 0 Å². The third kappa shape index (κ3) is 5.63. The first kappa shape index (κ1) is 18.5. The van der Waals surface area contributed by atoms with Crippen LogP contribution in [0, 0.1) is 0 Å². The summed E-state index contributed by atoms with van der Waals surface area (Å²) in [6.07, 6.45) is 0. The van der Waals surface area contributed by atoms with Gasteiger partial charge in [0.2, 0.25) is 0 Å². The van der Waals surface area contributed by atoms with Crippen LogP contribution in [-0.2, 0) is 19.7 Å². The van der Waals surface area contributed by atoms with Crippen LogP contribution in [0.3, 0.4) is 0 Å². The van der Waals surface area contributed by atoms with Crippen molar-refractivity contribution in [2.24, 2.45) is 0 Å². The number of benzene rings is 2. The molecule has 0 amide bonds. The van der Waals surface area contributed by atoms with Gasteiger partial charge in [0.15, 0.2) is 8.86 Å². The Kier molecular flexibility index (Phi) is 5.94. The molecule has 0 nitrogen and oxygen atoms in total. The molecule has 0 aliphatic carbocycles. The summed E-state index contributed by atoms with van der Waals surface area (Å²) in [5.41, 5.74) is 6.36. The summed E-state index contributed by atoms with van der Waals surface area (Å²) in [7, 11) is 0. The molecule has 0 heterocycles. The second kappa shape index (κ2) is 7.38. The predicted octanol–water partition coefficient (Wildman–Crippen LogP) is 3.07. The monoisotopic (exact) mass is 421 g/mol. The van der Waals surface area contributed by atoms with E-state index in [0.717, 1.165) is 0 Å². The first-order valence-electron chi connectivity index (χ1n) is 8.38. The van der Waals surface area contributed by atoms with Gasteiger partial charge in [0.1, 0.15) is 0 Å². The fraction of sp³-hybridized carbons (Fsp3) is 0.455. The topological polar surface area (TPSA) is 0 Å². The SMILES string of the molecule is CC(C)(C)c1ccc(C[I+]Cc2ccc(C(C)(C)C)cc2)cc1. The van der Waals surface area contributed by atoms with E-state index in [1.54, 1.807) is 0 Å². The van der Waals surface area contributed by atoms with Crippen molar-refractivity contribution in [3.05, 3.63) is 70.8 Å². The Balaban J connectivity index is 1.87. The maximum absolute atomic E-state index is 2.32. The van der Waals surface area contributed by atoms with E-state index in [1.165, 1.54) is 31.1 Å². The molecule has 0 N–H and O–H groups in total. The lowest BCUT2D eigenvalue weighted by Gasteiger charge is -2.18. The van der Waals surface area contributed by atoms with Gasteiger partial charge in [-0.3, -0.25) is 0 Å². The molecule has 124 valence electrons. The molecule has 0 saturated heterocycles. The van der Waals surface area contributed by atoms with Crippen LogP contribution in [0.15, 0.2) is 48.5 Å². The summed E-state index contributed by atoms with van der Waals surface area (Å²) in [5.74, 6) is 0. The first-order chi connectivity index (χ1) is 10.7. The van der Waals surface area contributed by atoms with Gasteiger partial charge in [0.25, 0.3) is 21.2 Å². The number of alkyl halides is 2. The minimum atomic E-state index is 0.190. The van der Waals surface area contributed by atoms with Crippen molar-refractivity contribution < 1.29 is 21.2 Å². The van der Waals surface area contributed by atoms with Crippen LogP contribution in [0.2, 0.25) is 0 Å². The number of halogens is 1. The minimum Gasteiger partial charge on any atom is -0.0581 e. The van der Waals surface area contributed by atoms with Crippen molar-refractivity contribution in [1.82, 2.24) is 0 Å². The fourth-order valence-corrected chi connectivity index (χ4v) is 4.99. The lowest BCUT2D eigenvalue weighted by atomic mass is 9.87. The maximum atomic E-state index is 2.32. The average Bonchev–Trinajstić information content (AvgIpc) is 2.46. The highest BCUT2D eigenvalue weighted by molar-refractivity contribution is 5.28. The molecule has 2 aromatic carbocycles. The molecule has 0 aliphatic heterocycles. The van der Waals surface area contributed by atoms with E-state index in [1.807, 2.05) is 0 Å². The Labute approximate surface area is 153 Å². The molecule has 0 saturated carbocycles. The van der Waals surface area contributed by atoms with Gasteiger partial charge in [0, 0.05) is 0 Å². The molecule has 0 unspecified atom stereocenters. The molecule has 0 atom stereocenters.